The third-order valence-electron chi connectivity index (χ3n) is 2.90. The molecule has 8 heteroatoms. The third-order valence-corrected chi connectivity index (χ3v) is 3.27. The molecule has 0 saturated carbocycles. The fourth-order valence-corrected chi connectivity index (χ4v) is 2.23. The topological polar surface area (TPSA) is 74.8 Å². The van der Waals surface area contributed by atoms with Gasteiger partial charge in [0.15, 0.2) is 0 Å². The minimum Gasteiger partial charge on any atom is -0.779 e. The number of carbonyl (C=O) groups excluding carboxylic acids is 4. The Bertz CT molecular complexity index is 399. The van der Waals surface area contributed by atoms with Crippen molar-refractivity contribution in [2.45, 2.75) is 24.5 Å². The third kappa shape index (κ3) is 3.23. The second-order valence-electron chi connectivity index (χ2n) is 4.02. The number of likely N-dealkylation sites (tertiary alicyclic amines) is 2. The summed E-state index contributed by atoms with van der Waals surface area (Å²) in [4.78, 5) is 47.7. The largest absolute Gasteiger partial charge is 1.00 e. The zero-order chi connectivity index (χ0) is 12.6. The monoisotopic (exact) mass is 294 g/mol. The van der Waals surface area contributed by atoms with E-state index in [9.17, 15) is 19.2 Å². The summed E-state index contributed by atoms with van der Waals surface area (Å²) in [7, 11) is 0. The molecular weight excluding hydrogens is 283 g/mol. The molecule has 0 aromatic heterocycles. The molecule has 0 bridgehead atoms. The average molecular weight is 294 g/mol. The van der Waals surface area contributed by atoms with Crippen LogP contribution in [0.5, 0.6) is 0 Å². The predicted octanol–water partition coefficient (Wildman–Crippen LogP) is -4.19. The van der Waals surface area contributed by atoms with Crippen LogP contribution in [0.3, 0.4) is 0 Å². The second-order valence-corrected chi connectivity index (χ2v) is 4.58. The van der Waals surface area contributed by atoms with Gasteiger partial charge in [0, 0.05) is 32.4 Å². The van der Waals surface area contributed by atoms with E-state index in [1.54, 1.807) is 0 Å². The second kappa shape index (κ2) is 6.62. The van der Waals surface area contributed by atoms with Crippen molar-refractivity contribution in [2.75, 3.05) is 13.1 Å². The molecule has 18 heavy (non-hydrogen) atoms. The molecule has 2 rings (SSSR count). The van der Waals surface area contributed by atoms with Crippen LogP contribution in [-0.4, -0.2) is 51.8 Å². The van der Waals surface area contributed by atoms with E-state index in [1.165, 1.54) is 0 Å². The van der Waals surface area contributed by atoms with E-state index in [4.69, 9.17) is 12.6 Å². The van der Waals surface area contributed by atoms with E-state index in [-0.39, 0.29) is 101 Å². The Hall–Kier alpha value is 0.266. The Morgan fingerprint density at radius 2 is 1.44 bits per heavy atom. The van der Waals surface area contributed by atoms with Crippen LogP contribution in [0.4, 0.5) is 0 Å². The number of hydrogen-bond donors (Lipinski definition) is 0. The van der Waals surface area contributed by atoms with Gasteiger partial charge in [0.2, 0.25) is 23.6 Å². The van der Waals surface area contributed by atoms with Crippen molar-refractivity contribution in [3.63, 3.8) is 0 Å². The van der Waals surface area contributed by atoms with E-state index in [1.807, 2.05) is 0 Å². The molecule has 2 aliphatic rings. The summed E-state index contributed by atoms with van der Waals surface area (Å²) in [5.74, 6) is -1.22. The van der Waals surface area contributed by atoms with E-state index in [0.29, 0.717) is 0 Å². The van der Waals surface area contributed by atoms with Crippen LogP contribution in [0.2, 0.25) is 0 Å². The van der Waals surface area contributed by atoms with Crippen LogP contribution in [0.25, 0.3) is 0 Å². The van der Waals surface area contributed by atoms with Crippen LogP contribution in [0.15, 0.2) is 0 Å². The molecular formula is C10H11KN2O4S. The van der Waals surface area contributed by atoms with Crippen LogP contribution in [0, 0.1) is 0 Å². The standard InChI is InChI=1S/C10H12N2O4S.K/c13-7-1-2-8(14)11(7)3-4-12-9(15)5-6(17)10(12)16;/h6,17H,1-5H2;/q;+1/p-1. The van der Waals surface area contributed by atoms with Gasteiger partial charge in [0.25, 0.3) is 0 Å². The maximum absolute atomic E-state index is 11.5. The number of rotatable bonds is 3. The van der Waals surface area contributed by atoms with Crippen molar-refractivity contribution in [3.8, 4) is 0 Å². The molecule has 4 amide bonds. The van der Waals surface area contributed by atoms with Gasteiger partial charge in [-0.05, 0) is 0 Å². The van der Waals surface area contributed by atoms with E-state index in [0.717, 1.165) is 9.80 Å². The summed E-state index contributed by atoms with van der Waals surface area (Å²) in [5.41, 5.74) is 0. The van der Waals surface area contributed by atoms with Crippen LogP contribution >= 0.6 is 0 Å². The fourth-order valence-electron chi connectivity index (χ4n) is 1.96. The quantitative estimate of drug-likeness (QED) is 0.300. The number of imide groups is 2. The first-order valence-electron chi connectivity index (χ1n) is 5.34. The van der Waals surface area contributed by atoms with Crippen molar-refractivity contribution in [1.82, 2.24) is 9.80 Å². The molecule has 2 fully saturated rings. The fraction of sp³-hybridized carbons (Fsp3) is 0.600. The van der Waals surface area contributed by atoms with Gasteiger partial charge in [-0.1, -0.05) is 5.25 Å². The number of amides is 4. The van der Waals surface area contributed by atoms with Crippen molar-refractivity contribution in [2.24, 2.45) is 0 Å². The van der Waals surface area contributed by atoms with Crippen molar-refractivity contribution in [1.29, 1.82) is 0 Å². The van der Waals surface area contributed by atoms with Crippen molar-refractivity contribution in [3.05, 3.63) is 0 Å². The van der Waals surface area contributed by atoms with Gasteiger partial charge in [0.05, 0.1) is 0 Å². The van der Waals surface area contributed by atoms with Gasteiger partial charge < -0.3 is 12.6 Å². The Morgan fingerprint density at radius 3 is 1.89 bits per heavy atom. The Kier molecular flexibility index (Phi) is 6.00. The van der Waals surface area contributed by atoms with E-state index >= 15 is 0 Å². The molecule has 0 aromatic carbocycles. The summed E-state index contributed by atoms with van der Waals surface area (Å²) in [5, 5.41) is -0.701. The Balaban J connectivity index is 0.00000162. The Morgan fingerprint density at radius 1 is 0.944 bits per heavy atom. The van der Waals surface area contributed by atoms with Gasteiger partial charge in [-0.25, -0.2) is 0 Å². The first-order chi connectivity index (χ1) is 8.00. The summed E-state index contributed by atoms with van der Waals surface area (Å²) in [6.45, 7) is 0.138. The summed E-state index contributed by atoms with van der Waals surface area (Å²) < 4.78 is 0. The maximum Gasteiger partial charge on any atom is 1.00 e. The first-order valence-corrected chi connectivity index (χ1v) is 5.81. The summed E-state index contributed by atoms with van der Waals surface area (Å²) in [6, 6.07) is 0. The smallest absolute Gasteiger partial charge is 0.779 e. The molecule has 1 atom stereocenters. The molecule has 2 heterocycles. The van der Waals surface area contributed by atoms with Crippen molar-refractivity contribution < 1.29 is 70.6 Å². The molecule has 92 valence electrons. The van der Waals surface area contributed by atoms with Crippen LogP contribution in [-0.2, 0) is 31.8 Å². The van der Waals surface area contributed by atoms with Gasteiger partial charge in [-0.3, -0.25) is 29.0 Å². The number of carbonyl (C=O) groups is 4. The number of nitrogens with zero attached hydrogens (tertiary/aromatic N) is 2. The zero-order valence-corrected chi connectivity index (χ0v) is 14.0. The van der Waals surface area contributed by atoms with Gasteiger partial charge in [-0.15, -0.1) is 0 Å². The van der Waals surface area contributed by atoms with Crippen LogP contribution < -0.4 is 51.4 Å². The van der Waals surface area contributed by atoms with E-state index < -0.39 is 11.2 Å². The predicted molar refractivity (Wildman–Crippen MR) is 58.4 cm³/mol. The van der Waals surface area contributed by atoms with Crippen LogP contribution in [0.1, 0.15) is 19.3 Å². The molecule has 0 spiro atoms. The average Bonchev–Trinajstić information content (AvgIpc) is 2.70. The molecule has 0 aliphatic carbocycles. The molecule has 0 N–H and O–H groups in total. The molecule has 6 nitrogen and oxygen atoms in total. The van der Waals surface area contributed by atoms with Gasteiger partial charge in [-0.2, -0.15) is 0 Å². The number of hydrogen-bond acceptors (Lipinski definition) is 5. The Labute approximate surface area is 152 Å². The minimum atomic E-state index is -0.701. The van der Waals surface area contributed by atoms with E-state index in [2.05, 4.69) is 0 Å². The molecule has 1 unspecified atom stereocenters. The summed E-state index contributed by atoms with van der Waals surface area (Å²) >= 11 is 4.82. The first kappa shape index (κ1) is 16.3. The molecule has 2 aliphatic heterocycles. The van der Waals surface area contributed by atoms with Crippen molar-refractivity contribution >= 4 is 36.3 Å². The summed E-state index contributed by atoms with van der Waals surface area (Å²) in [6.07, 6.45) is 0.463. The van der Waals surface area contributed by atoms with Gasteiger partial charge >= 0.3 is 51.4 Å². The van der Waals surface area contributed by atoms with Gasteiger partial charge in [0.1, 0.15) is 0 Å². The molecule has 0 aromatic rings. The normalized spacial score (nSPS) is 23.9. The zero-order valence-electron chi connectivity index (χ0n) is 10.0. The minimum absolute atomic E-state index is 0. The molecule has 2 saturated heterocycles. The molecule has 0 radical (unpaired) electrons. The maximum atomic E-state index is 11.5. The SMILES string of the molecule is O=C1CCC(=O)N1CCN1C(=O)CC([S-])C1=O.[K+].